The number of β-lactam (4-membered cyclic amide) rings is 2. The van der Waals surface area contributed by atoms with Gasteiger partial charge in [-0.3, -0.25) is 24.2 Å². The van der Waals surface area contributed by atoms with Crippen LogP contribution in [0.1, 0.15) is 53.1 Å². The van der Waals surface area contributed by atoms with E-state index in [4.69, 9.17) is 50.5 Å². The third-order valence-corrected chi connectivity index (χ3v) is 12.3. The van der Waals surface area contributed by atoms with Gasteiger partial charge in [0.25, 0.3) is 11.8 Å². The number of nitrogens with one attached hydrogen (secondary N) is 1. The average Bonchev–Trinajstić information content (AvgIpc) is 3.58. The summed E-state index contributed by atoms with van der Waals surface area (Å²) < 4.78 is 0.219. The summed E-state index contributed by atoms with van der Waals surface area (Å²) in [6.45, 7) is 1.75. The number of carboxylic acids is 2. The van der Waals surface area contributed by atoms with Crippen LogP contribution < -0.4 is 11.1 Å². The zero-order valence-corrected chi connectivity index (χ0v) is 34.1. The molecule has 4 aromatic rings. The Kier molecular flexibility index (Phi) is 11.9. The Bertz CT molecular complexity index is 2330. The molecule has 8 rings (SSSR count). The molecule has 4 aliphatic heterocycles. The van der Waals surface area contributed by atoms with Crippen molar-refractivity contribution < 1.29 is 39.0 Å². The zero-order chi connectivity index (χ0) is 42.2. The highest BCUT2D eigenvalue weighted by molar-refractivity contribution is 7.16. The van der Waals surface area contributed by atoms with Crippen LogP contribution in [0.15, 0.2) is 118 Å². The second-order valence-corrected chi connectivity index (χ2v) is 16.6. The Morgan fingerprint density at radius 3 is 1.69 bits per heavy atom. The van der Waals surface area contributed by atoms with Crippen molar-refractivity contribution in [3.63, 3.8) is 0 Å². The molecule has 2 unspecified atom stereocenters. The molecule has 1 aromatic heterocycles. The minimum atomic E-state index is -1.30. The van der Waals surface area contributed by atoms with Crippen LogP contribution in [0.25, 0.3) is 0 Å². The highest BCUT2D eigenvalue weighted by Gasteiger charge is 2.54. The van der Waals surface area contributed by atoms with Gasteiger partial charge in [-0.05, 0) is 32.6 Å². The smallest absolute Gasteiger partial charge is 0.353 e. The first-order valence-corrected chi connectivity index (χ1v) is 20.2. The van der Waals surface area contributed by atoms with Gasteiger partial charge in [-0.15, -0.1) is 11.3 Å². The highest BCUT2D eigenvalue weighted by Crippen LogP contribution is 2.42. The molecular weight excluding hydrogens is 843 g/mol. The summed E-state index contributed by atoms with van der Waals surface area (Å²) in [6, 6.07) is 26.2. The molecule has 3 amide bonds. The number of benzene rings is 3. The number of thiazole rings is 1. The maximum Gasteiger partial charge on any atom is 0.353 e. The van der Waals surface area contributed by atoms with E-state index >= 15 is 0 Å². The molecule has 0 aliphatic carbocycles. The number of nitrogens with two attached hydrogens (primary N) is 1. The molecular formula is C41H35Cl3N6O8S. The number of halogens is 3. The largest absolute Gasteiger partial charge is 0.477 e. The molecule has 14 nitrogen and oxygen atoms in total. The number of hydrogen-bond donors (Lipinski definition) is 4. The van der Waals surface area contributed by atoms with Gasteiger partial charge in [0.05, 0.1) is 17.1 Å². The summed E-state index contributed by atoms with van der Waals surface area (Å²) in [5.41, 5.74) is 6.00. The van der Waals surface area contributed by atoms with Crippen molar-refractivity contribution in [1.29, 1.82) is 0 Å². The summed E-state index contributed by atoms with van der Waals surface area (Å²) in [4.78, 5) is 74.4. The van der Waals surface area contributed by atoms with Crippen molar-refractivity contribution >= 4 is 81.5 Å². The van der Waals surface area contributed by atoms with E-state index in [1.54, 1.807) is 6.92 Å². The van der Waals surface area contributed by atoms with Crippen molar-refractivity contribution in [2.75, 3.05) is 0 Å². The number of amides is 3. The number of allylic oxidation sites excluding steroid dienone is 2. The summed E-state index contributed by atoms with van der Waals surface area (Å²) in [6.07, 6.45) is 1.76. The van der Waals surface area contributed by atoms with E-state index in [1.165, 1.54) is 16.2 Å². The fraction of sp³-hybridized carbons (Fsp3) is 0.244. The van der Waals surface area contributed by atoms with Crippen LogP contribution in [0.2, 0.25) is 4.34 Å². The van der Waals surface area contributed by atoms with E-state index in [1.807, 2.05) is 91.0 Å². The van der Waals surface area contributed by atoms with Crippen molar-refractivity contribution in [1.82, 2.24) is 20.1 Å². The molecule has 5 N–H and O–H groups in total. The van der Waals surface area contributed by atoms with Crippen LogP contribution in [0.5, 0.6) is 0 Å². The Labute approximate surface area is 356 Å². The summed E-state index contributed by atoms with van der Waals surface area (Å²) >= 11 is 19.6. The molecule has 0 spiro atoms. The lowest BCUT2D eigenvalue weighted by Gasteiger charge is -2.49. The molecule has 0 radical (unpaired) electrons. The molecule has 4 atom stereocenters. The van der Waals surface area contributed by atoms with Gasteiger partial charge in [-0.2, -0.15) is 0 Å². The zero-order valence-electron chi connectivity index (χ0n) is 31.1. The topological polar surface area (TPSA) is 205 Å². The maximum absolute atomic E-state index is 14.0. The third kappa shape index (κ3) is 7.60. The molecule has 4 aliphatic rings. The molecule has 2 saturated heterocycles. The minimum Gasteiger partial charge on any atom is -0.477 e. The van der Waals surface area contributed by atoms with Crippen molar-refractivity contribution in [3.05, 3.63) is 144 Å². The van der Waals surface area contributed by atoms with Gasteiger partial charge in [0.1, 0.15) is 33.5 Å². The molecule has 3 aromatic carbocycles. The van der Waals surface area contributed by atoms with Gasteiger partial charge in [-0.25, -0.2) is 14.6 Å². The van der Waals surface area contributed by atoms with E-state index in [9.17, 15) is 29.1 Å². The standard InChI is InChI=1S/C33H26Cl2N4O5S.C8H9ClN2O3/c1-19-36-26(29(35)45-19)27(30(40)37-25-24-18-17-23(34)28(32(42)43)39(24)31(25)41)38-44-33(20-11-5-2-6-12-20,21-13-7-3-8-14-21)22-15-9-4-10-16-22;9-3-1-2-4-5(10)7(12)11(4)6(3)8(13)14/h2-16,24-25H,17-18H2,1H3,(H,37,40)(H,42,43);4-5H,1-2,10H2,(H,13,14)/b38-27+;/t24?,25-;4?,5-/m00/s1. The van der Waals surface area contributed by atoms with Gasteiger partial charge in [-0.1, -0.05) is 131 Å². The molecule has 2 fully saturated rings. The van der Waals surface area contributed by atoms with E-state index in [0.717, 1.165) is 21.6 Å². The third-order valence-electron chi connectivity index (χ3n) is 10.4. The van der Waals surface area contributed by atoms with Gasteiger partial charge in [0.2, 0.25) is 11.5 Å². The Morgan fingerprint density at radius 1 is 0.797 bits per heavy atom. The Balaban J connectivity index is 0.000000317. The number of aryl methyl sites for hydroxylation is 1. The SMILES string of the molecule is Cc1nc(/C(=N\OC(c2ccccc2)(c2ccccc2)c2ccccc2)C(=O)N[C@@H]2C(=O)N3C(C(=O)O)=C(Cl)CCC23)c(Cl)s1.N[C@@H]1C(=O)N2C(C(=O)O)=C(Cl)CCC12. The maximum atomic E-state index is 14.0. The second-order valence-electron chi connectivity index (χ2n) is 13.9. The van der Waals surface area contributed by atoms with Crippen LogP contribution in [0.3, 0.4) is 0 Å². The number of carboxylic acid groups (broad SMARTS) is 2. The summed E-state index contributed by atoms with van der Waals surface area (Å²) in [5, 5.41) is 26.6. The molecule has 59 heavy (non-hydrogen) atoms. The summed E-state index contributed by atoms with van der Waals surface area (Å²) in [7, 11) is 0. The van der Waals surface area contributed by atoms with Crippen molar-refractivity contribution in [2.24, 2.45) is 10.9 Å². The second kappa shape index (κ2) is 17.0. The van der Waals surface area contributed by atoms with Gasteiger partial charge in [0.15, 0.2) is 5.71 Å². The lowest BCUT2D eigenvalue weighted by Crippen LogP contribution is -2.72. The number of hydrogen-bond acceptors (Lipinski definition) is 10. The molecule has 5 heterocycles. The predicted octanol–water partition coefficient (Wildman–Crippen LogP) is 5.70. The number of nitrogens with zero attached hydrogens (tertiary/aromatic N) is 4. The van der Waals surface area contributed by atoms with Crippen molar-refractivity contribution in [2.45, 2.75) is 62.4 Å². The van der Waals surface area contributed by atoms with E-state index < -0.39 is 47.5 Å². The van der Waals surface area contributed by atoms with Crippen LogP contribution >= 0.6 is 46.1 Å². The van der Waals surface area contributed by atoms with Crippen molar-refractivity contribution in [3.8, 4) is 0 Å². The van der Waals surface area contributed by atoms with Crippen LogP contribution in [-0.2, 0) is 34.4 Å². The number of carbonyl (C=O) groups excluding carboxylic acids is 3. The van der Waals surface area contributed by atoms with Crippen LogP contribution in [-0.4, -0.2) is 84.5 Å². The fourth-order valence-electron chi connectivity index (χ4n) is 7.65. The first kappa shape index (κ1) is 41.6. The molecule has 18 heteroatoms. The van der Waals surface area contributed by atoms with Gasteiger partial charge >= 0.3 is 11.9 Å². The lowest BCUT2D eigenvalue weighted by atomic mass is 9.80. The van der Waals surface area contributed by atoms with Crippen LogP contribution in [0.4, 0.5) is 0 Å². The van der Waals surface area contributed by atoms with E-state index in [0.29, 0.717) is 24.3 Å². The van der Waals surface area contributed by atoms with Crippen LogP contribution in [0, 0.1) is 6.92 Å². The Morgan fingerprint density at radius 2 is 1.25 bits per heavy atom. The number of rotatable bonds is 10. The molecule has 304 valence electrons. The predicted molar refractivity (Wildman–Crippen MR) is 219 cm³/mol. The Hall–Kier alpha value is -5.58. The minimum absolute atomic E-state index is 0.0938. The van der Waals surface area contributed by atoms with Gasteiger partial charge < -0.3 is 26.1 Å². The summed E-state index contributed by atoms with van der Waals surface area (Å²) in [5.74, 6) is -4.16. The lowest BCUT2D eigenvalue weighted by molar-refractivity contribution is -0.155. The number of fused-ring (bicyclic) bond motifs is 2. The highest BCUT2D eigenvalue weighted by atomic mass is 35.5. The monoisotopic (exact) mass is 876 g/mol. The fourth-order valence-corrected chi connectivity index (χ4v) is 9.32. The molecule has 0 saturated carbocycles. The number of oxime groups is 1. The first-order valence-electron chi connectivity index (χ1n) is 18.3. The normalized spacial score (nSPS) is 21.3. The quantitative estimate of drug-likeness (QED) is 0.0663. The molecule has 0 bridgehead atoms. The number of aliphatic carboxylic acids is 2. The number of carbonyl (C=O) groups is 5. The van der Waals surface area contributed by atoms with E-state index in [-0.39, 0.29) is 55.6 Å². The first-order chi connectivity index (χ1) is 28.3. The van der Waals surface area contributed by atoms with Gasteiger partial charge in [0, 0.05) is 26.8 Å². The average molecular weight is 878 g/mol. The van der Waals surface area contributed by atoms with E-state index in [2.05, 4.69) is 15.5 Å². The number of aromatic nitrogens is 1.